The van der Waals surface area contributed by atoms with Crippen molar-refractivity contribution in [2.24, 2.45) is 0 Å². The molecule has 4 heteroatoms. The van der Waals surface area contributed by atoms with E-state index in [4.69, 9.17) is 10.4 Å². The van der Waals surface area contributed by atoms with Crippen LogP contribution in [0.15, 0.2) is 0 Å². The Morgan fingerprint density at radius 2 is 1.75 bits per heavy atom. The van der Waals surface area contributed by atoms with Crippen molar-refractivity contribution < 1.29 is 15.2 Å². The number of nitrogens with zero attached hydrogens (tertiary/aromatic N) is 1. The fourth-order valence-electron chi connectivity index (χ4n) is 0.0816. The summed E-state index contributed by atoms with van der Waals surface area (Å²) in [5, 5.41) is 16.7. The van der Waals surface area contributed by atoms with Gasteiger partial charge < -0.3 is 4.74 Å². The van der Waals surface area contributed by atoms with Crippen molar-refractivity contribution in [3.05, 3.63) is 0 Å². The van der Waals surface area contributed by atoms with E-state index in [0.29, 0.717) is 0 Å². The second kappa shape index (κ2) is 2.41. The van der Waals surface area contributed by atoms with E-state index in [9.17, 15) is 0 Å². The summed E-state index contributed by atoms with van der Waals surface area (Å²) >= 11 is 0. The highest BCUT2D eigenvalue weighted by molar-refractivity contribution is 4.53. The molecule has 4 nitrogen and oxygen atoms in total. The Labute approximate surface area is 48.2 Å². The van der Waals surface area contributed by atoms with Gasteiger partial charge in [0.2, 0.25) is 0 Å². The zero-order valence-corrected chi connectivity index (χ0v) is 5.25. The maximum absolute atomic E-state index is 8.34. The summed E-state index contributed by atoms with van der Waals surface area (Å²) in [6, 6.07) is 0. The molecule has 0 aliphatic heterocycles. The Morgan fingerprint density at radius 3 is 1.75 bits per heavy atom. The Hall–Kier alpha value is -0.160. The van der Waals surface area contributed by atoms with Gasteiger partial charge in [-0.1, -0.05) is 0 Å². The lowest BCUT2D eigenvalue weighted by atomic mass is 10.3. The first-order chi connectivity index (χ1) is 3.50. The summed E-state index contributed by atoms with van der Waals surface area (Å²) in [6.07, 6.45) is 0. The molecule has 0 aliphatic carbocycles. The van der Waals surface area contributed by atoms with Gasteiger partial charge in [0.05, 0.1) is 0 Å². The molecule has 8 heavy (non-hydrogen) atoms. The first kappa shape index (κ1) is 7.84. The Morgan fingerprint density at radius 1 is 1.38 bits per heavy atom. The molecule has 0 spiro atoms. The van der Waals surface area contributed by atoms with Gasteiger partial charge in [0.25, 0.3) is 0 Å². The van der Waals surface area contributed by atoms with Crippen LogP contribution in [0.3, 0.4) is 0 Å². The molecular weight excluding hydrogens is 110 g/mol. The molecule has 0 bridgehead atoms. The normalized spacial score (nSPS) is 12.8. The van der Waals surface area contributed by atoms with Crippen molar-refractivity contribution in [1.29, 1.82) is 0 Å². The Balaban J connectivity index is 3.71. The van der Waals surface area contributed by atoms with Crippen LogP contribution in [0.4, 0.5) is 0 Å². The van der Waals surface area contributed by atoms with E-state index in [1.54, 1.807) is 0 Å². The fourth-order valence-corrected chi connectivity index (χ4v) is 0.0816. The van der Waals surface area contributed by atoms with Crippen LogP contribution in [0, 0.1) is 0 Å². The van der Waals surface area contributed by atoms with E-state index >= 15 is 0 Å². The predicted octanol–water partition coefficient (Wildman–Crippen LogP) is 0.449. The van der Waals surface area contributed by atoms with Crippen molar-refractivity contribution in [1.82, 2.24) is 5.23 Å². The lowest BCUT2D eigenvalue weighted by Crippen LogP contribution is -2.40. The van der Waals surface area contributed by atoms with Crippen LogP contribution in [0.2, 0.25) is 0 Å². The molecule has 0 fully saturated rings. The highest BCUT2D eigenvalue weighted by atomic mass is 16.8. The molecule has 0 aromatic rings. The molecule has 0 saturated carbocycles. The van der Waals surface area contributed by atoms with Crippen LogP contribution in [0.25, 0.3) is 0 Å². The van der Waals surface area contributed by atoms with E-state index in [1.807, 2.05) is 0 Å². The Bertz CT molecular complexity index is 71.7. The highest BCUT2D eigenvalue weighted by Crippen LogP contribution is 2.07. The number of hydrogen-bond acceptors (Lipinski definition) is 4. The molecule has 0 rings (SSSR count). The number of ether oxygens (including phenoxy) is 1. The average molecular weight is 121 g/mol. The van der Waals surface area contributed by atoms with Gasteiger partial charge in [-0.05, 0) is 19.1 Å². The minimum atomic E-state index is -1.01. The largest absolute Gasteiger partial charge is 0.360 e. The summed E-state index contributed by atoms with van der Waals surface area (Å²) in [4.78, 5) is 0. The zero-order chi connectivity index (χ0) is 6.78. The van der Waals surface area contributed by atoms with Gasteiger partial charge in [0.15, 0.2) is 5.72 Å². The first-order valence-electron chi connectivity index (χ1n) is 2.24. The molecule has 0 amide bonds. The van der Waals surface area contributed by atoms with E-state index in [0.717, 1.165) is 0 Å². The zero-order valence-electron chi connectivity index (χ0n) is 5.25. The Kier molecular flexibility index (Phi) is 2.36. The smallest absolute Gasteiger partial charge is 0.164 e. The molecule has 0 saturated heterocycles. The summed E-state index contributed by atoms with van der Waals surface area (Å²) < 4.78 is 4.62. The molecule has 0 aliphatic rings. The first-order valence-corrected chi connectivity index (χ1v) is 2.24. The van der Waals surface area contributed by atoms with Crippen LogP contribution < -0.4 is 0 Å². The van der Waals surface area contributed by atoms with Gasteiger partial charge in [-0.15, -0.1) is 0 Å². The summed E-state index contributed by atoms with van der Waals surface area (Å²) in [5.41, 5.74) is -1.01. The molecule has 0 aromatic carbocycles. The van der Waals surface area contributed by atoms with E-state index in [2.05, 4.69) is 4.74 Å². The molecule has 0 radical (unpaired) electrons. The molecule has 50 valence electrons. The second-order valence-corrected chi connectivity index (χ2v) is 1.94. The maximum atomic E-state index is 8.34. The lowest BCUT2D eigenvalue weighted by molar-refractivity contribution is -0.407. The van der Waals surface area contributed by atoms with E-state index in [1.165, 1.54) is 21.0 Å². The fraction of sp³-hybridized carbons (Fsp3) is 1.00. The molecule has 0 aromatic heterocycles. The van der Waals surface area contributed by atoms with Crippen LogP contribution in [0.5, 0.6) is 0 Å². The topological polar surface area (TPSA) is 52.9 Å². The van der Waals surface area contributed by atoms with Crippen molar-refractivity contribution in [2.75, 3.05) is 7.11 Å². The number of rotatable bonds is 2. The molecule has 2 N–H and O–H groups in total. The maximum Gasteiger partial charge on any atom is 0.164 e. The number of hydrogen-bond donors (Lipinski definition) is 2. The number of methoxy groups -OCH3 is 1. The predicted molar refractivity (Wildman–Crippen MR) is 26.5 cm³/mol. The van der Waals surface area contributed by atoms with Gasteiger partial charge in [0, 0.05) is 7.11 Å². The van der Waals surface area contributed by atoms with Crippen molar-refractivity contribution in [2.45, 2.75) is 19.6 Å². The minimum absolute atomic E-state index is 0.0208. The quantitative estimate of drug-likeness (QED) is 0.411. The van der Waals surface area contributed by atoms with Crippen LogP contribution in [-0.2, 0) is 4.74 Å². The van der Waals surface area contributed by atoms with Crippen molar-refractivity contribution >= 4 is 0 Å². The molecule has 0 atom stereocenters. The van der Waals surface area contributed by atoms with Gasteiger partial charge in [-0.2, -0.15) is 0 Å². The average Bonchev–Trinajstić information content (AvgIpc) is 1.67. The SMILES string of the molecule is COC(C)(C)N(O)O. The van der Waals surface area contributed by atoms with Gasteiger partial charge in [0.1, 0.15) is 0 Å². The minimum Gasteiger partial charge on any atom is -0.360 e. The van der Waals surface area contributed by atoms with Crippen molar-refractivity contribution in [3.8, 4) is 0 Å². The second-order valence-electron chi connectivity index (χ2n) is 1.94. The van der Waals surface area contributed by atoms with Crippen molar-refractivity contribution in [3.63, 3.8) is 0 Å². The van der Waals surface area contributed by atoms with E-state index in [-0.39, 0.29) is 5.23 Å². The van der Waals surface area contributed by atoms with Gasteiger partial charge in [-0.25, -0.2) is 0 Å². The molecule has 0 heterocycles. The van der Waals surface area contributed by atoms with E-state index < -0.39 is 5.72 Å². The monoisotopic (exact) mass is 121 g/mol. The summed E-state index contributed by atoms with van der Waals surface area (Å²) in [5.74, 6) is 0. The third-order valence-corrected chi connectivity index (χ3v) is 0.981. The summed E-state index contributed by atoms with van der Waals surface area (Å²) in [6.45, 7) is 3.04. The lowest BCUT2D eigenvalue weighted by Gasteiger charge is -2.25. The van der Waals surface area contributed by atoms with Crippen LogP contribution in [-0.4, -0.2) is 28.5 Å². The third-order valence-electron chi connectivity index (χ3n) is 0.981. The van der Waals surface area contributed by atoms with Gasteiger partial charge in [-0.3, -0.25) is 10.4 Å². The summed E-state index contributed by atoms with van der Waals surface area (Å²) in [7, 11) is 1.39. The van der Waals surface area contributed by atoms with Crippen LogP contribution in [0.1, 0.15) is 13.8 Å². The van der Waals surface area contributed by atoms with Crippen LogP contribution >= 0.6 is 0 Å². The third kappa shape index (κ3) is 1.75. The standard InChI is InChI=1S/C4H11NO3/c1-4(2,8-3)5(6)7/h6-7H,1-3H3. The molecule has 0 unspecified atom stereocenters. The number of hydroxylamine groups is 2. The molecular formula is C4H11NO3. The van der Waals surface area contributed by atoms with Gasteiger partial charge >= 0.3 is 0 Å². The highest BCUT2D eigenvalue weighted by Gasteiger charge is 2.22.